The van der Waals surface area contributed by atoms with E-state index in [0.717, 1.165) is 16.8 Å². The van der Waals surface area contributed by atoms with Gasteiger partial charge in [-0.3, -0.25) is 5.10 Å². The molecule has 0 fully saturated rings. The second-order valence-electron chi connectivity index (χ2n) is 5.25. The number of nitrogens with one attached hydrogen (secondary N) is 2. The van der Waals surface area contributed by atoms with Gasteiger partial charge in [0.1, 0.15) is 22.9 Å². The average Bonchev–Trinajstić information content (AvgIpc) is 3.07. The lowest BCUT2D eigenvalue weighted by Crippen LogP contribution is -1.99. The molecule has 0 unspecified atom stereocenters. The van der Waals surface area contributed by atoms with Gasteiger partial charge in [-0.2, -0.15) is 5.10 Å². The van der Waals surface area contributed by atoms with Crippen LogP contribution in [-0.4, -0.2) is 22.3 Å². The maximum absolute atomic E-state index is 13.9. The second kappa shape index (κ2) is 5.45. The van der Waals surface area contributed by atoms with Crippen molar-refractivity contribution in [3.63, 3.8) is 0 Å². The highest BCUT2D eigenvalue weighted by Gasteiger charge is 2.13. The van der Waals surface area contributed by atoms with Crippen LogP contribution in [0.5, 0.6) is 5.75 Å². The molecule has 5 nitrogen and oxygen atoms in total. The minimum absolute atomic E-state index is 0.132. The third-order valence-electron chi connectivity index (χ3n) is 3.79. The smallest absolute Gasteiger partial charge is 0.157 e. The van der Waals surface area contributed by atoms with Crippen LogP contribution < -0.4 is 10.1 Å². The number of aromatic amines is 1. The van der Waals surface area contributed by atoms with Crippen molar-refractivity contribution in [2.24, 2.45) is 0 Å². The maximum atomic E-state index is 13.9. The SMILES string of the molecule is COc1ccc2nc(Nc3ccc(F)cc3F)c3[nH]ncc3c2c1. The molecule has 0 aliphatic rings. The number of H-pyrrole nitrogens is 1. The Bertz CT molecular complexity index is 1060. The highest BCUT2D eigenvalue weighted by molar-refractivity contribution is 6.09. The van der Waals surface area contributed by atoms with Crippen LogP contribution >= 0.6 is 0 Å². The summed E-state index contributed by atoms with van der Waals surface area (Å²) in [7, 11) is 1.59. The number of nitrogens with zero attached hydrogens (tertiary/aromatic N) is 2. The number of benzene rings is 2. The summed E-state index contributed by atoms with van der Waals surface area (Å²) in [5.41, 5.74) is 1.46. The summed E-state index contributed by atoms with van der Waals surface area (Å²) in [6.45, 7) is 0. The number of halogens is 2. The van der Waals surface area contributed by atoms with Crippen molar-refractivity contribution in [3.05, 3.63) is 54.2 Å². The van der Waals surface area contributed by atoms with Gasteiger partial charge in [0.2, 0.25) is 0 Å². The molecule has 0 saturated heterocycles. The van der Waals surface area contributed by atoms with E-state index < -0.39 is 11.6 Å². The first-order valence-electron chi connectivity index (χ1n) is 7.18. The first-order chi connectivity index (χ1) is 11.7. The van der Waals surface area contributed by atoms with E-state index in [-0.39, 0.29) is 5.69 Å². The van der Waals surface area contributed by atoms with Gasteiger partial charge in [0.05, 0.1) is 24.5 Å². The zero-order valence-electron chi connectivity index (χ0n) is 12.6. The van der Waals surface area contributed by atoms with E-state index in [2.05, 4.69) is 20.5 Å². The Kier molecular flexibility index (Phi) is 3.26. The Labute approximate surface area is 135 Å². The van der Waals surface area contributed by atoms with Gasteiger partial charge in [-0.25, -0.2) is 13.8 Å². The molecule has 2 N–H and O–H groups in total. The van der Waals surface area contributed by atoms with Crippen LogP contribution in [0.3, 0.4) is 0 Å². The lowest BCUT2D eigenvalue weighted by molar-refractivity contribution is 0.415. The number of hydrogen-bond donors (Lipinski definition) is 2. The summed E-state index contributed by atoms with van der Waals surface area (Å²) in [5.74, 6) is -0.217. The monoisotopic (exact) mass is 326 g/mol. The average molecular weight is 326 g/mol. The van der Waals surface area contributed by atoms with E-state index >= 15 is 0 Å². The highest BCUT2D eigenvalue weighted by Crippen LogP contribution is 2.32. The Morgan fingerprint density at radius 3 is 2.75 bits per heavy atom. The van der Waals surface area contributed by atoms with E-state index in [1.165, 1.54) is 12.1 Å². The van der Waals surface area contributed by atoms with E-state index in [9.17, 15) is 8.78 Å². The van der Waals surface area contributed by atoms with Gasteiger partial charge in [-0.15, -0.1) is 0 Å². The Hall–Kier alpha value is -3.22. The van der Waals surface area contributed by atoms with E-state index in [0.29, 0.717) is 22.6 Å². The number of rotatable bonds is 3. The van der Waals surface area contributed by atoms with Gasteiger partial charge in [-0.1, -0.05) is 0 Å². The fourth-order valence-electron chi connectivity index (χ4n) is 2.61. The highest BCUT2D eigenvalue weighted by atomic mass is 19.1. The van der Waals surface area contributed by atoms with Crippen LogP contribution in [0, 0.1) is 11.6 Å². The predicted octanol–water partition coefficient (Wildman–Crippen LogP) is 4.14. The lowest BCUT2D eigenvalue weighted by Gasteiger charge is -2.10. The van der Waals surface area contributed by atoms with Crippen molar-refractivity contribution in [1.29, 1.82) is 0 Å². The molecule has 0 aliphatic carbocycles. The van der Waals surface area contributed by atoms with Gasteiger partial charge in [-0.05, 0) is 30.3 Å². The number of fused-ring (bicyclic) bond motifs is 3. The summed E-state index contributed by atoms with van der Waals surface area (Å²) < 4.78 is 32.2. The largest absolute Gasteiger partial charge is 0.497 e. The molecule has 0 saturated carbocycles. The first kappa shape index (κ1) is 14.4. The molecule has 120 valence electrons. The lowest BCUT2D eigenvalue weighted by atomic mass is 10.1. The molecule has 0 bridgehead atoms. The van der Waals surface area contributed by atoms with Crippen LogP contribution in [0.4, 0.5) is 20.3 Å². The van der Waals surface area contributed by atoms with Crippen LogP contribution in [0.25, 0.3) is 21.8 Å². The van der Waals surface area contributed by atoms with Crippen molar-refractivity contribution in [1.82, 2.24) is 15.2 Å². The number of pyridine rings is 1. The molecule has 0 aliphatic heterocycles. The molecule has 0 atom stereocenters. The quantitative estimate of drug-likeness (QED) is 0.594. The van der Waals surface area contributed by atoms with Crippen molar-refractivity contribution >= 4 is 33.3 Å². The molecule has 4 rings (SSSR count). The summed E-state index contributed by atoms with van der Waals surface area (Å²) in [6.07, 6.45) is 1.67. The fraction of sp³-hybridized carbons (Fsp3) is 0.0588. The van der Waals surface area contributed by atoms with Crippen molar-refractivity contribution in [2.75, 3.05) is 12.4 Å². The number of ether oxygens (including phenoxy) is 1. The molecular formula is C17H12F2N4O. The molecule has 2 aromatic heterocycles. The molecule has 0 radical (unpaired) electrons. The molecule has 24 heavy (non-hydrogen) atoms. The zero-order valence-corrected chi connectivity index (χ0v) is 12.6. The predicted molar refractivity (Wildman–Crippen MR) is 87.6 cm³/mol. The van der Waals surface area contributed by atoms with Gasteiger partial charge in [0, 0.05) is 16.8 Å². The topological polar surface area (TPSA) is 62.8 Å². The molecule has 0 spiro atoms. The van der Waals surface area contributed by atoms with E-state index in [4.69, 9.17) is 4.74 Å². The number of hydrogen-bond acceptors (Lipinski definition) is 4. The standard InChI is InChI=1S/C17H12F2N4O/c1-24-10-3-5-14-11(7-10)12-8-20-23-16(12)17(21-14)22-15-4-2-9(18)6-13(15)19/h2-8H,1H3,(H,20,23)(H,21,22). The van der Waals surface area contributed by atoms with Crippen LogP contribution in [0.1, 0.15) is 0 Å². The molecule has 7 heteroatoms. The minimum Gasteiger partial charge on any atom is -0.497 e. The Balaban J connectivity index is 1.89. The number of anilines is 2. The third kappa shape index (κ3) is 2.30. The van der Waals surface area contributed by atoms with Gasteiger partial charge in [0.25, 0.3) is 0 Å². The van der Waals surface area contributed by atoms with Gasteiger partial charge < -0.3 is 10.1 Å². The maximum Gasteiger partial charge on any atom is 0.157 e. The van der Waals surface area contributed by atoms with Crippen LogP contribution in [0.15, 0.2) is 42.6 Å². The van der Waals surface area contributed by atoms with Crippen molar-refractivity contribution in [3.8, 4) is 5.75 Å². The fourth-order valence-corrected chi connectivity index (χ4v) is 2.61. The normalized spacial score (nSPS) is 11.1. The number of aromatic nitrogens is 3. The summed E-state index contributed by atoms with van der Waals surface area (Å²) in [4.78, 5) is 4.51. The summed E-state index contributed by atoms with van der Waals surface area (Å²) in [6, 6.07) is 8.80. The third-order valence-corrected chi connectivity index (χ3v) is 3.79. The Morgan fingerprint density at radius 1 is 1.08 bits per heavy atom. The molecule has 2 heterocycles. The molecule has 0 amide bonds. The van der Waals surface area contributed by atoms with Gasteiger partial charge >= 0.3 is 0 Å². The van der Waals surface area contributed by atoms with Gasteiger partial charge in [0.15, 0.2) is 5.82 Å². The van der Waals surface area contributed by atoms with Crippen molar-refractivity contribution < 1.29 is 13.5 Å². The van der Waals surface area contributed by atoms with Crippen molar-refractivity contribution in [2.45, 2.75) is 0 Å². The Morgan fingerprint density at radius 2 is 1.96 bits per heavy atom. The first-order valence-corrected chi connectivity index (χ1v) is 7.18. The number of methoxy groups -OCH3 is 1. The van der Waals surface area contributed by atoms with E-state index in [1.54, 1.807) is 19.4 Å². The van der Waals surface area contributed by atoms with Crippen LogP contribution in [-0.2, 0) is 0 Å². The molecular weight excluding hydrogens is 314 g/mol. The van der Waals surface area contributed by atoms with E-state index in [1.807, 2.05) is 12.1 Å². The minimum atomic E-state index is -0.695. The molecule has 2 aromatic carbocycles. The second-order valence-corrected chi connectivity index (χ2v) is 5.25. The summed E-state index contributed by atoms with van der Waals surface area (Å²) in [5, 5.41) is 11.5. The summed E-state index contributed by atoms with van der Waals surface area (Å²) >= 11 is 0. The molecule has 4 aromatic rings. The van der Waals surface area contributed by atoms with Crippen LogP contribution in [0.2, 0.25) is 0 Å². The zero-order chi connectivity index (χ0) is 16.7.